The fraction of sp³-hybridized carbons (Fsp3) is 0.188. The molecule has 0 fully saturated rings. The van der Waals surface area contributed by atoms with Crippen LogP contribution in [0.2, 0.25) is 0 Å². The number of aryl methyl sites for hydroxylation is 2. The van der Waals surface area contributed by atoms with E-state index in [0.29, 0.717) is 6.42 Å². The molecule has 0 unspecified atom stereocenters. The highest BCUT2D eigenvalue weighted by molar-refractivity contribution is 5.92. The zero-order chi connectivity index (χ0) is 13.0. The van der Waals surface area contributed by atoms with Crippen molar-refractivity contribution in [2.45, 2.75) is 20.3 Å². The Morgan fingerprint density at radius 3 is 2.33 bits per heavy atom. The molecule has 0 spiro atoms. The zero-order valence-corrected chi connectivity index (χ0v) is 10.7. The van der Waals surface area contributed by atoms with Crippen molar-refractivity contribution in [3.8, 4) is 0 Å². The number of rotatable bonds is 3. The van der Waals surface area contributed by atoms with Gasteiger partial charge in [0.2, 0.25) is 5.91 Å². The van der Waals surface area contributed by atoms with Crippen molar-refractivity contribution in [1.29, 1.82) is 0 Å². The number of anilines is 1. The quantitative estimate of drug-likeness (QED) is 0.872. The minimum absolute atomic E-state index is 0.0214. The normalized spacial score (nSPS) is 10.1. The van der Waals surface area contributed by atoms with Gasteiger partial charge in [-0.1, -0.05) is 48.0 Å². The smallest absolute Gasteiger partial charge is 0.228 e. The summed E-state index contributed by atoms with van der Waals surface area (Å²) < 4.78 is 0. The first-order chi connectivity index (χ1) is 8.65. The molecule has 0 saturated heterocycles. The summed E-state index contributed by atoms with van der Waals surface area (Å²) >= 11 is 0. The van der Waals surface area contributed by atoms with Gasteiger partial charge in [0, 0.05) is 5.69 Å². The molecule has 0 aliphatic carbocycles. The highest BCUT2D eigenvalue weighted by Crippen LogP contribution is 2.13. The van der Waals surface area contributed by atoms with E-state index in [1.165, 1.54) is 5.56 Å². The Morgan fingerprint density at radius 1 is 1.00 bits per heavy atom. The average Bonchev–Trinajstić information content (AvgIpc) is 2.35. The Kier molecular flexibility index (Phi) is 3.78. The lowest BCUT2D eigenvalue weighted by Crippen LogP contribution is -2.15. The Morgan fingerprint density at radius 2 is 1.67 bits per heavy atom. The predicted molar refractivity (Wildman–Crippen MR) is 74.7 cm³/mol. The second kappa shape index (κ2) is 5.50. The van der Waals surface area contributed by atoms with Crippen molar-refractivity contribution in [2.75, 3.05) is 5.32 Å². The maximum absolute atomic E-state index is 11.9. The summed E-state index contributed by atoms with van der Waals surface area (Å²) in [6, 6.07) is 15.8. The van der Waals surface area contributed by atoms with Crippen LogP contribution in [-0.4, -0.2) is 5.91 Å². The van der Waals surface area contributed by atoms with Crippen LogP contribution in [0.3, 0.4) is 0 Å². The SMILES string of the molecule is Cc1ccc(CC(=O)Nc2ccccc2C)cc1. The third-order valence-electron chi connectivity index (χ3n) is 2.90. The summed E-state index contributed by atoms with van der Waals surface area (Å²) in [5.74, 6) is 0.0214. The Labute approximate surface area is 108 Å². The van der Waals surface area contributed by atoms with Crippen LogP contribution < -0.4 is 5.32 Å². The summed E-state index contributed by atoms with van der Waals surface area (Å²) in [6.07, 6.45) is 0.411. The van der Waals surface area contributed by atoms with Crippen molar-refractivity contribution in [2.24, 2.45) is 0 Å². The van der Waals surface area contributed by atoms with E-state index in [2.05, 4.69) is 5.32 Å². The van der Waals surface area contributed by atoms with Crippen molar-refractivity contribution in [3.05, 3.63) is 65.2 Å². The maximum atomic E-state index is 11.9. The molecule has 0 aromatic heterocycles. The number of carbonyl (C=O) groups is 1. The molecule has 1 N–H and O–H groups in total. The van der Waals surface area contributed by atoms with Gasteiger partial charge >= 0.3 is 0 Å². The van der Waals surface area contributed by atoms with Crippen LogP contribution in [0.25, 0.3) is 0 Å². The average molecular weight is 239 g/mol. The third kappa shape index (κ3) is 3.20. The fourth-order valence-corrected chi connectivity index (χ4v) is 1.80. The Hall–Kier alpha value is -2.09. The monoisotopic (exact) mass is 239 g/mol. The molecule has 2 rings (SSSR count). The number of hydrogen-bond acceptors (Lipinski definition) is 1. The number of amides is 1. The van der Waals surface area contributed by atoms with E-state index in [-0.39, 0.29) is 5.91 Å². The van der Waals surface area contributed by atoms with Crippen molar-refractivity contribution >= 4 is 11.6 Å². The van der Waals surface area contributed by atoms with E-state index in [1.807, 2.05) is 62.4 Å². The molecule has 0 heterocycles. The molecule has 0 atom stereocenters. The van der Waals surface area contributed by atoms with E-state index in [4.69, 9.17) is 0 Å². The molecule has 2 nitrogen and oxygen atoms in total. The molecule has 0 bridgehead atoms. The highest BCUT2D eigenvalue weighted by atomic mass is 16.1. The van der Waals surface area contributed by atoms with E-state index in [0.717, 1.165) is 16.8 Å². The summed E-state index contributed by atoms with van der Waals surface area (Å²) in [5.41, 5.74) is 4.20. The van der Waals surface area contributed by atoms with Gasteiger partial charge in [-0.25, -0.2) is 0 Å². The first-order valence-electron chi connectivity index (χ1n) is 6.06. The van der Waals surface area contributed by atoms with E-state index in [1.54, 1.807) is 0 Å². The lowest BCUT2D eigenvalue weighted by molar-refractivity contribution is -0.115. The molecule has 0 radical (unpaired) electrons. The first kappa shape index (κ1) is 12.4. The lowest BCUT2D eigenvalue weighted by atomic mass is 10.1. The highest BCUT2D eigenvalue weighted by Gasteiger charge is 2.05. The minimum Gasteiger partial charge on any atom is -0.326 e. The number of nitrogens with one attached hydrogen (secondary N) is 1. The molecule has 18 heavy (non-hydrogen) atoms. The summed E-state index contributed by atoms with van der Waals surface area (Å²) in [7, 11) is 0. The molecule has 0 aliphatic heterocycles. The summed E-state index contributed by atoms with van der Waals surface area (Å²) in [5, 5.41) is 2.93. The van der Waals surface area contributed by atoms with E-state index < -0.39 is 0 Å². The third-order valence-corrected chi connectivity index (χ3v) is 2.90. The Balaban J connectivity index is 2.01. The van der Waals surface area contributed by atoms with Crippen molar-refractivity contribution in [3.63, 3.8) is 0 Å². The number of benzene rings is 2. The van der Waals surface area contributed by atoms with E-state index in [9.17, 15) is 4.79 Å². The standard InChI is InChI=1S/C16H17NO/c1-12-7-9-14(10-8-12)11-16(18)17-15-6-4-3-5-13(15)2/h3-10H,11H2,1-2H3,(H,17,18). The zero-order valence-electron chi connectivity index (χ0n) is 10.7. The van der Waals surface area contributed by atoms with Crippen LogP contribution in [0, 0.1) is 13.8 Å². The van der Waals surface area contributed by atoms with Crippen LogP contribution in [0.4, 0.5) is 5.69 Å². The van der Waals surface area contributed by atoms with Gasteiger partial charge in [-0.05, 0) is 31.0 Å². The second-order valence-electron chi connectivity index (χ2n) is 4.53. The van der Waals surface area contributed by atoms with Gasteiger partial charge in [-0.15, -0.1) is 0 Å². The van der Waals surface area contributed by atoms with Gasteiger partial charge in [-0.3, -0.25) is 4.79 Å². The minimum atomic E-state index is 0.0214. The predicted octanol–water partition coefficient (Wildman–Crippen LogP) is 3.48. The largest absolute Gasteiger partial charge is 0.326 e. The molecule has 2 heteroatoms. The van der Waals surface area contributed by atoms with Crippen LogP contribution in [0.1, 0.15) is 16.7 Å². The van der Waals surface area contributed by atoms with Gasteiger partial charge in [-0.2, -0.15) is 0 Å². The second-order valence-corrected chi connectivity index (χ2v) is 4.53. The van der Waals surface area contributed by atoms with Gasteiger partial charge < -0.3 is 5.32 Å². The van der Waals surface area contributed by atoms with Crippen molar-refractivity contribution < 1.29 is 4.79 Å². The molecular weight excluding hydrogens is 222 g/mol. The molecule has 2 aromatic rings. The van der Waals surface area contributed by atoms with E-state index >= 15 is 0 Å². The summed E-state index contributed by atoms with van der Waals surface area (Å²) in [6.45, 7) is 4.03. The molecule has 0 aliphatic rings. The van der Waals surface area contributed by atoms with Crippen LogP contribution in [-0.2, 0) is 11.2 Å². The maximum Gasteiger partial charge on any atom is 0.228 e. The Bertz CT molecular complexity index is 543. The summed E-state index contributed by atoms with van der Waals surface area (Å²) in [4.78, 5) is 11.9. The number of para-hydroxylation sites is 1. The van der Waals surface area contributed by atoms with Gasteiger partial charge in [0.05, 0.1) is 6.42 Å². The van der Waals surface area contributed by atoms with Gasteiger partial charge in [0.15, 0.2) is 0 Å². The lowest BCUT2D eigenvalue weighted by Gasteiger charge is -2.08. The fourth-order valence-electron chi connectivity index (χ4n) is 1.80. The van der Waals surface area contributed by atoms with Crippen molar-refractivity contribution in [1.82, 2.24) is 0 Å². The molecule has 1 amide bonds. The van der Waals surface area contributed by atoms with Crippen LogP contribution in [0.5, 0.6) is 0 Å². The van der Waals surface area contributed by atoms with Crippen LogP contribution >= 0.6 is 0 Å². The molecule has 2 aromatic carbocycles. The molecule has 92 valence electrons. The number of hydrogen-bond donors (Lipinski definition) is 1. The topological polar surface area (TPSA) is 29.1 Å². The van der Waals surface area contributed by atoms with Gasteiger partial charge in [0.25, 0.3) is 0 Å². The van der Waals surface area contributed by atoms with Crippen LogP contribution in [0.15, 0.2) is 48.5 Å². The van der Waals surface area contributed by atoms with Gasteiger partial charge in [0.1, 0.15) is 0 Å². The molecule has 0 saturated carbocycles. The molecular formula is C16H17NO. The first-order valence-corrected chi connectivity index (χ1v) is 6.06. The number of carbonyl (C=O) groups excluding carboxylic acids is 1.